The summed E-state index contributed by atoms with van der Waals surface area (Å²) in [5.41, 5.74) is -1.15. The van der Waals surface area contributed by atoms with Crippen LogP contribution in [0.25, 0.3) is 5.76 Å². The molecule has 1 amide bonds. The van der Waals surface area contributed by atoms with E-state index in [9.17, 15) is 61.9 Å². The summed E-state index contributed by atoms with van der Waals surface area (Å²) in [6.45, 7) is -1.51. The van der Waals surface area contributed by atoms with Gasteiger partial charge in [0.25, 0.3) is 5.91 Å². The number of aromatic hydroxyl groups is 1. The molecule has 0 heterocycles. The second-order valence-corrected chi connectivity index (χ2v) is 8.87. The van der Waals surface area contributed by atoms with Crippen molar-refractivity contribution in [2.24, 2.45) is 17.6 Å². The predicted octanol–water partition coefficient (Wildman–Crippen LogP) is 1.11. The molecule has 1 saturated carbocycles. The van der Waals surface area contributed by atoms with Crippen molar-refractivity contribution in [2.45, 2.75) is 36.3 Å². The van der Waals surface area contributed by atoms with E-state index in [2.05, 4.69) is 4.74 Å². The Hall–Kier alpha value is -3.56. The number of alkyl halides is 5. The Morgan fingerprint density at radius 1 is 1.14 bits per heavy atom. The van der Waals surface area contributed by atoms with Gasteiger partial charge in [0.1, 0.15) is 22.8 Å². The molecule has 10 nitrogen and oxygen atoms in total. The third kappa shape index (κ3) is 3.59. The maximum atomic E-state index is 13.6. The molecular formula is C22H18F5NO9. The molecule has 3 aliphatic carbocycles. The summed E-state index contributed by atoms with van der Waals surface area (Å²) in [6.07, 6.45) is -14.9. The van der Waals surface area contributed by atoms with Gasteiger partial charge in [-0.05, 0) is 11.6 Å². The van der Waals surface area contributed by atoms with Crippen LogP contribution in [0, 0.1) is 11.8 Å². The van der Waals surface area contributed by atoms with Gasteiger partial charge in [0.2, 0.25) is 5.78 Å². The zero-order valence-electron chi connectivity index (χ0n) is 18.3. The second-order valence-electron chi connectivity index (χ2n) is 8.87. The number of rotatable bonds is 4. The number of aliphatic hydroxyl groups excluding tert-OH is 3. The fraction of sp³-hybridized carbons (Fsp3) is 0.409. The standard InChI is InChI=1S/C22H18F5NO9/c23-21(24,25)22(26,27)37-5-7-6-2-1-3-9(29)11(6)16(32)14-12(7)15(31)8-4-10(30)13(19(28)35)17(33)20(8,36)18(14)34/h1-3,7-8,12,15,29,31-33,36H,4-5H2,(H2,28,35)/t7-,8+,12+,15+,20+/m0/s1. The number of carbonyl (C=O) groups is 3. The number of halogens is 5. The van der Waals surface area contributed by atoms with Gasteiger partial charge in [-0.2, -0.15) is 22.0 Å². The number of carbonyl (C=O) groups excluding carboxylic acids is 3. The van der Waals surface area contributed by atoms with Crippen LogP contribution in [0.2, 0.25) is 0 Å². The van der Waals surface area contributed by atoms with Crippen molar-refractivity contribution in [1.29, 1.82) is 0 Å². The average Bonchev–Trinajstić information content (AvgIpc) is 2.77. The number of aliphatic hydroxyl groups is 4. The van der Waals surface area contributed by atoms with Gasteiger partial charge in [-0.3, -0.25) is 14.4 Å². The first-order valence-electron chi connectivity index (χ1n) is 10.5. The zero-order chi connectivity index (χ0) is 27.8. The molecule has 0 bridgehead atoms. The molecule has 1 fully saturated rings. The average molecular weight is 535 g/mol. The van der Waals surface area contributed by atoms with Crippen LogP contribution >= 0.6 is 0 Å². The van der Waals surface area contributed by atoms with Gasteiger partial charge < -0.3 is 36.0 Å². The number of nitrogens with two attached hydrogens (primary N) is 1. The Morgan fingerprint density at radius 3 is 2.32 bits per heavy atom. The highest BCUT2D eigenvalue weighted by Gasteiger charge is 2.66. The predicted molar refractivity (Wildman–Crippen MR) is 109 cm³/mol. The Kier molecular flexibility index (Phi) is 5.89. The minimum atomic E-state index is -6.14. The van der Waals surface area contributed by atoms with E-state index in [1.807, 2.05) is 0 Å². The van der Waals surface area contributed by atoms with E-state index in [-0.39, 0.29) is 5.56 Å². The van der Waals surface area contributed by atoms with Gasteiger partial charge in [0.15, 0.2) is 11.4 Å². The maximum Gasteiger partial charge on any atom is 0.482 e. The van der Waals surface area contributed by atoms with Gasteiger partial charge >= 0.3 is 12.3 Å². The van der Waals surface area contributed by atoms with Crippen molar-refractivity contribution in [2.75, 3.05) is 6.61 Å². The number of hydrogen-bond acceptors (Lipinski definition) is 9. The number of Topliss-reactive ketones (excluding diaryl/α,β-unsaturated/α-hetero) is 2. The summed E-state index contributed by atoms with van der Waals surface area (Å²) in [5.74, 6) is -13.2. The molecule has 1 aromatic carbocycles. The van der Waals surface area contributed by atoms with Crippen molar-refractivity contribution >= 4 is 23.2 Å². The normalized spacial score (nSPS) is 30.1. The van der Waals surface area contributed by atoms with Crippen LogP contribution in [0.4, 0.5) is 22.0 Å². The van der Waals surface area contributed by atoms with Gasteiger partial charge in [-0.15, -0.1) is 0 Å². The molecule has 0 saturated heterocycles. The molecule has 0 aromatic heterocycles. The number of primary amides is 1. The van der Waals surface area contributed by atoms with Gasteiger partial charge in [-0.25, -0.2) is 0 Å². The molecular weight excluding hydrogens is 517 g/mol. The Balaban J connectivity index is 1.93. The van der Waals surface area contributed by atoms with E-state index in [1.54, 1.807) is 0 Å². The van der Waals surface area contributed by atoms with Crippen LogP contribution in [0.3, 0.4) is 0 Å². The number of phenols is 1. The lowest BCUT2D eigenvalue weighted by molar-refractivity contribution is -0.392. The summed E-state index contributed by atoms with van der Waals surface area (Å²) in [4.78, 5) is 37.6. The zero-order valence-corrected chi connectivity index (χ0v) is 18.3. The van der Waals surface area contributed by atoms with E-state index in [0.29, 0.717) is 0 Å². The van der Waals surface area contributed by atoms with Gasteiger partial charge in [0, 0.05) is 29.7 Å². The largest absolute Gasteiger partial charge is 0.508 e. The molecule has 5 atom stereocenters. The van der Waals surface area contributed by atoms with Gasteiger partial charge in [-0.1, -0.05) is 12.1 Å². The molecule has 0 unspecified atom stereocenters. The van der Waals surface area contributed by atoms with Crippen molar-refractivity contribution in [1.82, 2.24) is 0 Å². The lowest BCUT2D eigenvalue weighted by Gasteiger charge is -2.50. The molecule has 0 radical (unpaired) electrons. The summed E-state index contributed by atoms with van der Waals surface area (Å²) in [6, 6.07) is 3.24. The minimum Gasteiger partial charge on any atom is -0.508 e. The third-order valence-corrected chi connectivity index (χ3v) is 6.94. The third-order valence-electron chi connectivity index (χ3n) is 6.94. The molecule has 15 heteroatoms. The number of ether oxygens (including phenoxy) is 1. The van der Waals surface area contributed by atoms with E-state index in [0.717, 1.165) is 18.2 Å². The summed E-state index contributed by atoms with van der Waals surface area (Å²) in [5, 5.41) is 54.0. The van der Waals surface area contributed by atoms with Crippen molar-refractivity contribution < 1.29 is 66.6 Å². The molecule has 4 rings (SSSR count). The monoisotopic (exact) mass is 535 g/mol. The summed E-state index contributed by atoms with van der Waals surface area (Å²) >= 11 is 0. The smallest absolute Gasteiger partial charge is 0.482 e. The van der Waals surface area contributed by atoms with Crippen LogP contribution in [0.5, 0.6) is 5.75 Å². The van der Waals surface area contributed by atoms with Crippen LogP contribution < -0.4 is 5.73 Å². The molecule has 200 valence electrons. The van der Waals surface area contributed by atoms with Crippen LogP contribution in [-0.4, -0.2) is 73.6 Å². The highest BCUT2D eigenvalue weighted by atomic mass is 19.4. The fourth-order valence-corrected chi connectivity index (χ4v) is 5.25. The Morgan fingerprint density at radius 2 is 1.76 bits per heavy atom. The first-order valence-corrected chi connectivity index (χ1v) is 10.5. The van der Waals surface area contributed by atoms with Crippen LogP contribution in [0.15, 0.2) is 35.1 Å². The molecule has 7 N–H and O–H groups in total. The maximum absolute atomic E-state index is 13.6. The SMILES string of the molecule is NC(=O)C1=C(O)[C@@]2(O)C(=O)C3=C(O)c4c(O)cccc4[C@H](COC(F)(F)C(F)(F)F)[C@H]3[C@H](O)[C@H]2CC1=O. The van der Waals surface area contributed by atoms with Crippen LogP contribution in [-0.2, 0) is 19.1 Å². The van der Waals surface area contributed by atoms with Crippen LogP contribution in [0.1, 0.15) is 23.5 Å². The van der Waals surface area contributed by atoms with E-state index < -0.39 is 106 Å². The quantitative estimate of drug-likeness (QED) is 0.242. The number of benzene rings is 1. The highest BCUT2D eigenvalue weighted by Crippen LogP contribution is 2.56. The fourth-order valence-electron chi connectivity index (χ4n) is 5.25. The molecule has 1 aromatic rings. The van der Waals surface area contributed by atoms with Crippen molar-refractivity contribution in [3.63, 3.8) is 0 Å². The van der Waals surface area contributed by atoms with Crippen molar-refractivity contribution in [3.8, 4) is 5.75 Å². The number of amides is 1. The Labute approximate surface area is 203 Å². The molecule has 0 spiro atoms. The first kappa shape index (κ1) is 26.5. The lowest BCUT2D eigenvalue weighted by Crippen LogP contribution is -2.64. The Bertz CT molecular complexity index is 1290. The lowest BCUT2D eigenvalue weighted by atomic mass is 9.55. The van der Waals surface area contributed by atoms with Crippen molar-refractivity contribution in [3.05, 3.63) is 46.2 Å². The van der Waals surface area contributed by atoms with E-state index in [4.69, 9.17) is 5.73 Å². The van der Waals surface area contributed by atoms with E-state index in [1.165, 1.54) is 0 Å². The van der Waals surface area contributed by atoms with Gasteiger partial charge in [0.05, 0.1) is 18.3 Å². The topological polar surface area (TPSA) is 188 Å². The molecule has 37 heavy (non-hydrogen) atoms. The highest BCUT2D eigenvalue weighted by molar-refractivity contribution is 6.22. The van der Waals surface area contributed by atoms with E-state index >= 15 is 0 Å². The molecule has 0 aliphatic heterocycles. The second kappa shape index (κ2) is 8.22. The summed E-state index contributed by atoms with van der Waals surface area (Å²) in [7, 11) is 0. The number of phenolic OH excluding ortho intramolecular Hbond substituents is 1. The number of ketones is 2. The summed E-state index contributed by atoms with van der Waals surface area (Å²) < 4.78 is 69.3. The molecule has 3 aliphatic rings. The minimum absolute atomic E-state index is 0.291. The number of hydrogen-bond donors (Lipinski definition) is 6. The number of fused-ring (bicyclic) bond motifs is 3. The first-order chi connectivity index (χ1) is 17.0.